The standard InChI is InChI=1S/C16H20N4O2.C3H8O2.H2/c1-22-13-9-14(16(21)18-12-5-3-2-4-6-12)19-15(10-13)20-8-7-17-11-20;1-5-3-2-4;/h7-12H,2-6H2,1H3,(H,18,21);4H,2-3H2,1H3;1H. The van der Waals surface area contributed by atoms with Gasteiger partial charge >= 0.3 is 0 Å². The van der Waals surface area contributed by atoms with E-state index in [4.69, 9.17) is 9.84 Å². The van der Waals surface area contributed by atoms with Crippen LogP contribution in [-0.4, -0.2) is 59.0 Å². The Morgan fingerprint density at radius 3 is 2.67 bits per heavy atom. The summed E-state index contributed by atoms with van der Waals surface area (Å²) in [7, 11) is 3.13. The first-order valence-electron chi connectivity index (χ1n) is 9.13. The molecule has 1 aliphatic rings. The van der Waals surface area contributed by atoms with E-state index in [9.17, 15) is 4.79 Å². The summed E-state index contributed by atoms with van der Waals surface area (Å²) in [6, 6.07) is 3.70. The first-order chi connectivity index (χ1) is 13.2. The minimum atomic E-state index is -0.146. The predicted molar refractivity (Wildman–Crippen MR) is 103 cm³/mol. The number of aliphatic hydroxyl groups is 1. The molecule has 1 amide bonds. The Hall–Kier alpha value is -2.45. The third-order valence-electron chi connectivity index (χ3n) is 4.26. The quantitative estimate of drug-likeness (QED) is 0.800. The molecule has 0 bridgehead atoms. The molecule has 0 spiro atoms. The number of carbonyl (C=O) groups is 1. The van der Waals surface area contributed by atoms with Crippen LogP contribution in [0.3, 0.4) is 0 Å². The first-order valence-corrected chi connectivity index (χ1v) is 9.13. The van der Waals surface area contributed by atoms with Crippen molar-refractivity contribution in [3.05, 3.63) is 36.5 Å². The minimum Gasteiger partial charge on any atom is -0.497 e. The summed E-state index contributed by atoms with van der Waals surface area (Å²) in [4.78, 5) is 20.9. The lowest BCUT2D eigenvalue weighted by Gasteiger charge is -2.22. The van der Waals surface area contributed by atoms with E-state index in [1.165, 1.54) is 19.3 Å². The Morgan fingerprint density at radius 2 is 2.11 bits per heavy atom. The number of hydrogen-bond acceptors (Lipinski definition) is 6. The van der Waals surface area contributed by atoms with Crippen LogP contribution in [0.5, 0.6) is 5.75 Å². The fourth-order valence-corrected chi connectivity index (χ4v) is 2.85. The fraction of sp³-hybridized carbons (Fsp3) is 0.526. The number of pyridine rings is 1. The van der Waals surface area contributed by atoms with Crippen molar-refractivity contribution in [3.8, 4) is 11.6 Å². The number of rotatable bonds is 6. The molecule has 150 valence electrons. The molecule has 1 saturated carbocycles. The molecule has 27 heavy (non-hydrogen) atoms. The highest BCUT2D eigenvalue weighted by atomic mass is 16.5. The van der Waals surface area contributed by atoms with E-state index in [2.05, 4.69) is 20.0 Å². The van der Waals surface area contributed by atoms with E-state index in [0.29, 0.717) is 23.9 Å². The van der Waals surface area contributed by atoms with Crippen molar-refractivity contribution in [3.63, 3.8) is 0 Å². The SMILES string of the molecule is COCCO.COc1cc(C(=O)NC2CCCCC2)nc(-n2ccnc2)c1.[HH]. The molecule has 8 heteroatoms. The van der Waals surface area contributed by atoms with E-state index >= 15 is 0 Å². The molecule has 0 radical (unpaired) electrons. The summed E-state index contributed by atoms with van der Waals surface area (Å²) in [5, 5.41) is 11.0. The molecule has 3 rings (SSSR count). The number of nitrogens with one attached hydrogen (secondary N) is 1. The molecular formula is C19H30N4O4. The van der Waals surface area contributed by atoms with E-state index < -0.39 is 0 Å². The molecule has 2 heterocycles. The summed E-state index contributed by atoms with van der Waals surface area (Å²) >= 11 is 0. The number of aromatic nitrogens is 3. The summed E-state index contributed by atoms with van der Waals surface area (Å²) in [5.74, 6) is 1.07. The maximum absolute atomic E-state index is 12.4. The van der Waals surface area contributed by atoms with Gasteiger partial charge in [-0.25, -0.2) is 9.97 Å². The Balaban J connectivity index is 0.000000584. The van der Waals surface area contributed by atoms with Crippen LogP contribution in [-0.2, 0) is 4.74 Å². The number of amides is 1. The Labute approximate surface area is 161 Å². The molecular weight excluding hydrogens is 348 g/mol. The second-order valence-electron chi connectivity index (χ2n) is 6.25. The van der Waals surface area contributed by atoms with Gasteiger partial charge in [-0.15, -0.1) is 0 Å². The highest BCUT2D eigenvalue weighted by Crippen LogP contribution is 2.20. The van der Waals surface area contributed by atoms with Crippen LogP contribution in [0.25, 0.3) is 5.82 Å². The zero-order chi connectivity index (χ0) is 19.5. The van der Waals surface area contributed by atoms with E-state index in [1.54, 1.807) is 49.6 Å². The molecule has 0 unspecified atom stereocenters. The maximum Gasteiger partial charge on any atom is 0.270 e. The smallest absolute Gasteiger partial charge is 0.270 e. The van der Waals surface area contributed by atoms with Crippen LogP contribution in [0.2, 0.25) is 0 Å². The molecule has 2 N–H and O–H groups in total. The van der Waals surface area contributed by atoms with Gasteiger partial charge in [-0.05, 0) is 12.8 Å². The van der Waals surface area contributed by atoms with Gasteiger partial charge in [-0.2, -0.15) is 0 Å². The third-order valence-corrected chi connectivity index (χ3v) is 4.26. The molecule has 0 aliphatic heterocycles. The molecule has 2 aromatic heterocycles. The number of imidazole rings is 1. The molecule has 8 nitrogen and oxygen atoms in total. The Bertz CT molecular complexity index is 689. The van der Waals surface area contributed by atoms with E-state index in [1.807, 2.05) is 0 Å². The summed E-state index contributed by atoms with van der Waals surface area (Å²) < 4.78 is 11.5. The van der Waals surface area contributed by atoms with Crippen molar-refractivity contribution in [2.45, 2.75) is 38.1 Å². The van der Waals surface area contributed by atoms with Gasteiger partial charge in [-0.1, -0.05) is 19.3 Å². The second kappa shape index (κ2) is 11.3. The van der Waals surface area contributed by atoms with Crippen molar-refractivity contribution >= 4 is 5.91 Å². The normalized spacial score (nSPS) is 14.2. The van der Waals surface area contributed by atoms with Crippen molar-refractivity contribution in [2.24, 2.45) is 0 Å². The third kappa shape index (κ3) is 6.65. The van der Waals surface area contributed by atoms with Gasteiger partial charge in [0.15, 0.2) is 0 Å². The van der Waals surface area contributed by atoms with Gasteiger partial charge in [0.25, 0.3) is 5.91 Å². The summed E-state index contributed by atoms with van der Waals surface area (Å²) in [6.45, 7) is 0.566. The molecule has 1 fully saturated rings. The highest BCUT2D eigenvalue weighted by molar-refractivity contribution is 5.93. The van der Waals surface area contributed by atoms with Crippen molar-refractivity contribution in [1.82, 2.24) is 19.9 Å². The van der Waals surface area contributed by atoms with Crippen molar-refractivity contribution in [1.29, 1.82) is 0 Å². The van der Waals surface area contributed by atoms with Crippen LogP contribution >= 0.6 is 0 Å². The van der Waals surface area contributed by atoms with E-state index in [0.717, 1.165) is 12.8 Å². The van der Waals surface area contributed by atoms with Crippen LogP contribution < -0.4 is 10.1 Å². The monoisotopic (exact) mass is 378 g/mol. The minimum absolute atomic E-state index is 0. The van der Waals surface area contributed by atoms with Crippen LogP contribution in [0, 0.1) is 0 Å². The Kier molecular flexibility index (Phi) is 8.73. The first kappa shape index (κ1) is 20.9. The Morgan fingerprint density at radius 1 is 1.33 bits per heavy atom. The topological polar surface area (TPSA) is 98.5 Å². The number of methoxy groups -OCH3 is 2. The van der Waals surface area contributed by atoms with Gasteiger partial charge in [0, 0.05) is 39.1 Å². The number of aliphatic hydroxyl groups excluding tert-OH is 1. The molecule has 0 atom stereocenters. The predicted octanol–water partition coefficient (Wildman–Crippen LogP) is 2.21. The van der Waals surface area contributed by atoms with Gasteiger partial charge in [0.2, 0.25) is 0 Å². The summed E-state index contributed by atoms with van der Waals surface area (Å²) in [5.41, 5.74) is 0.369. The van der Waals surface area contributed by atoms with Crippen LogP contribution in [0.1, 0.15) is 44.0 Å². The largest absolute Gasteiger partial charge is 0.497 e. The number of hydrogen-bond donors (Lipinski definition) is 2. The zero-order valence-electron chi connectivity index (χ0n) is 15.9. The van der Waals surface area contributed by atoms with Crippen LogP contribution in [0.4, 0.5) is 0 Å². The number of nitrogens with zero attached hydrogens (tertiary/aromatic N) is 3. The molecule has 0 saturated heterocycles. The number of ether oxygens (including phenoxy) is 2. The van der Waals surface area contributed by atoms with Gasteiger partial charge in [0.1, 0.15) is 23.6 Å². The average Bonchev–Trinajstić information content (AvgIpc) is 3.24. The second-order valence-corrected chi connectivity index (χ2v) is 6.25. The van der Waals surface area contributed by atoms with Gasteiger partial charge < -0.3 is 19.9 Å². The summed E-state index contributed by atoms with van der Waals surface area (Å²) in [6.07, 6.45) is 10.8. The lowest BCUT2D eigenvalue weighted by molar-refractivity contribution is 0.0922. The van der Waals surface area contributed by atoms with E-state index in [-0.39, 0.29) is 20.0 Å². The lowest BCUT2D eigenvalue weighted by Crippen LogP contribution is -2.36. The molecule has 1 aliphatic carbocycles. The van der Waals surface area contributed by atoms with Gasteiger partial charge in [0.05, 0.1) is 20.3 Å². The molecule has 0 aromatic carbocycles. The molecule has 2 aromatic rings. The van der Waals surface area contributed by atoms with Gasteiger partial charge in [-0.3, -0.25) is 9.36 Å². The highest BCUT2D eigenvalue weighted by Gasteiger charge is 2.18. The fourth-order valence-electron chi connectivity index (χ4n) is 2.85. The zero-order valence-corrected chi connectivity index (χ0v) is 15.9. The lowest BCUT2D eigenvalue weighted by atomic mass is 9.95. The number of carbonyl (C=O) groups excluding carboxylic acids is 1. The van der Waals surface area contributed by atoms with Crippen LogP contribution in [0.15, 0.2) is 30.9 Å². The average molecular weight is 378 g/mol. The van der Waals surface area contributed by atoms with Crippen molar-refractivity contribution in [2.75, 3.05) is 27.4 Å². The maximum atomic E-state index is 12.4. The van der Waals surface area contributed by atoms with Crippen molar-refractivity contribution < 1.29 is 20.8 Å².